The van der Waals surface area contributed by atoms with E-state index in [4.69, 9.17) is 4.74 Å². The third kappa shape index (κ3) is 7.58. The molecule has 0 spiro atoms. The zero-order valence-corrected chi connectivity index (χ0v) is 18.8. The molecule has 26 heavy (non-hydrogen) atoms. The van der Waals surface area contributed by atoms with Crippen molar-refractivity contribution in [3.8, 4) is 0 Å². The summed E-state index contributed by atoms with van der Waals surface area (Å²) in [5.41, 5.74) is 0.364. The Morgan fingerprint density at radius 3 is 2.35 bits per heavy atom. The van der Waals surface area contributed by atoms with E-state index in [1.165, 1.54) is 38.5 Å². The number of aliphatic imine (C=N–C) groups is 1. The molecule has 2 saturated carbocycles. The Kier molecular flexibility index (Phi) is 11.5. The summed E-state index contributed by atoms with van der Waals surface area (Å²) in [4.78, 5) is 16.4. The van der Waals surface area contributed by atoms with Crippen LogP contribution in [0.15, 0.2) is 4.99 Å². The predicted molar refractivity (Wildman–Crippen MR) is 117 cm³/mol. The number of hydrogen-bond donors (Lipinski definition) is 3. The Bertz CT molecular complexity index is 435. The molecule has 0 bridgehead atoms. The third-order valence-electron chi connectivity index (χ3n) is 5.80. The Labute approximate surface area is 175 Å². The average Bonchev–Trinajstić information content (AvgIpc) is 2.62. The Morgan fingerprint density at radius 1 is 1.08 bits per heavy atom. The van der Waals surface area contributed by atoms with Crippen LogP contribution < -0.4 is 16.0 Å². The van der Waals surface area contributed by atoms with Gasteiger partial charge in [-0.1, -0.05) is 25.7 Å². The fraction of sp³-hybridized carbons (Fsp3) is 0.895. The molecule has 3 N–H and O–H groups in total. The van der Waals surface area contributed by atoms with Crippen LogP contribution in [-0.4, -0.2) is 52.3 Å². The fourth-order valence-electron chi connectivity index (χ4n) is 3.88. The topological polar surface area (TPSA) is 74.8 Å². The highest BCUT2D eigenvalue weighted by atomic mass is 127. The molecule has 0 radical (unpaired) electrons. The van der Waals surface area contributed by atoms with E-state index in [0.29, 0.717) is 18.5 Å². The molecule has 0 aromatic heterocycles. The summed E-state index contributed by atoms with van der Waals surface area (Å²) >= 11 is 0. The molecule has 1 amide bonds. The van der Waals surface area contributed by atoms with Gasteiger partial charge in [0.1, 0.15) is 0 Å². The lowest BCUT2D eigenvalue weighted by Gasteiger charge is -2.42. The van der Waals surface area contributed by atoms with E-state index in [1.54, 1.807) is 14.2 Å². The van der Waals surface area contributed by atoms with Crippen molar-refractivity contribution >= 4 is 35.8 Å². The van der Waals surface area contributed by atoms with Crippen molar-refractivity contribution in [1.82, 2.24) is 16.0 Å². The monoisotopic (exact) mass is 480 g/mol. The van der Waals surface area contributed by atoms with E-state index >= 15 is 0 Å². The second-order valence-electron chi connectivity index (χ2n) is 7.57. The largest absolute Gasteiger partial charge is 0.385 e. The number of nitrogens with one attached hydrogen (secondary N) is 3. The molecular formula is C19H37IN4O2. The summed E-state index contributed by atoms with van der Waals surface area (Å²) in [7, 11) is 3.56. The third-order valence-corrected chi connectivity index (χ3v) is 5.80. The number of amides is 1. The van der Waals surface area contributed by atoms with Crippen LogP contribution in [0.4, 0.5) is 0 Å². The van der Waals surface area contributed by atoms with Gasteiger partial charge < -0.3 is 20.7 Å². The van der Waals surface area contributed by atoms with Gasteiger partial charge in [0.05, 0.1) is 0 Å². The summed E-state index contributed by atoms with van der Waals surface area (Å²) in [6.07, 6.45) is 10.7. The lowest BCUT2D eigenvalue weighted by Crippen LogP contribution is -2.48. The van der Waals surface area contributed by atoms with Gasteiger partial charge in [-0.2, -0.15) is 0 Å². The van der Waals surface area contributed by atoms with E-state index in [2.05, 4.69) is 20.9 Å². The SMILES string of the molecule is CN=C(NCCNC(=O)C1CCCCC1)NCC1(CCOC)CCC1.I. The highest BCUT2D eigenvalue weighted by Crippen LogP contribution is 2.43. The Morgan fingerprint density at radius 2 is 1.77 bits per heavy atom. The summed E-state index contributed by atoms with van der Waals surface area (Å²) in [6.45, 7) is 3.10. The fourth-order valence-corrected chi connectivity index (χ4v) is 3.88. The lowest BCUT2D eigenvalue weighted by molar-refractivity contribution is -0.125. The number of methoxy groups -OCH3 is 1. The zero-order valence-electron chi connectivity index (χ0n) is 16.4. The molecule has 6 nitrogen and oxygen atoms in total. The van der Waals surface area contributed by atoms with Gasteiger partial charge in [-0.15, -0.1) is 24.0 Å². The normalized spacial score (nSPS) is 19.8. The minimum atomic E-state index is 0. The summed E-state index contributed by atoms with van der Waals surface area (Å²) < 4.78 is 5.24. The van der Waals surface area contributed by atoms with Crippen molar-refractivity contribution in [1.29, 1.82) is 0 Å². The van der Waals surface area contributed by atoms with Gasteiger partial charge in [-0.05, 0) is 37.5 Å². The average molecular weight is 480 g/mol. The first-order valence-corrected chi connectivity index (χ1v) is 9.90. The van der Waals surface area contributed by atoms with E-state index in [1.807, 2.05) is 0 Å². The Hall–Kier alpha value is -0.570. The number of ether oxygens (including phenoxy) is 1. The van der Waals surface area contributed by atoms with Crippen LogP contribution in [0.3, 0.4) is 0 Å². The van der Waals surface area contributed by atoms with Gasteiger partial charge in [-0.3, -0.25) is 9.79 Å². The zero-order chi connectivity index (χ0) is 18.0. The number of carbonyl (C=O) groups is 1. The van der Waals surface area contributed by atoms with Gasteiger partial charge in [0.25, 0.3) is 0 Å². The summed E-state index contributed by atoms with van der Waals surface area (Å²) in [5, 5.41) is 9.79. The molecule has 2 rings (SSSR count). The first kappa shape index (κ1) is 23.5. The van der Waals surface area contributed by atoms with E-state index < -0.39 is 0 Å². The molecule has 0 aromatic carbocycles. The summed E-state index contributed by atoms with van der Waals surface area (Å²) in [5.74, 6) is 1.26. The molecule has 2 fully saturated rings. The molecule has 0 saturated heterocycles. The molecule has 7 heteroatoms. The number of carbonyl (C=O) groups excluding carboxylic acids is 1. The molecule has 2 aliphatic carbocycles. The smallest absolute Gasteiger partial charge is 0.223 e. The van der Waals surface area contributed by atoms with Crippen LogP contribution in [0.25, 0.3) is 0 Å². The molecule has 0 unspecified atom stereocenters. The van der Waals surface area contributed by atoms with Crippen molar-refractivity contribution < 1.29 is 9.53 Å². The first-order chi connectivity index (χ1) is 12.2. The molecule has 2 aliphatic rings. The van der Waals surface area contributed by atoms with Crippen molar-refractivity contribution in [3.05, 3.63) is 0 Å². The first-order valence-electron chi connectivity index (χ1n) is 9.90. The molecule has 0 aliphatic heterocycles. The quantitative estimate of drug-likeness (QED) is 0.205. The number of rotatable bonds is 9. The number of hydrogen-bond acceptors (Lipinski definition) is 3. The van der Waals surface area contributed by atoms with Gasteiger partial charge >= 0.3 is 0 Å². The standard InChI is InChI=1S/C19H36N4O2.HI/c1-20-18(23-15-19(9-6-10-19)11-14-25-2)22-13-12-21-17(24)16-7-4-3-5-8-16;/h16H,3-15H2,1-2H3,(H,21,24)(H2,20,22,23);1H. The second-order valence-corrected chi connectivity index (χ2v) is 7.57. The van der Waals surface area contributed by atoms with Crippen LogP contribution in [-0.2, 0) is 9.53 Å². The van der Waals surface area contributed by atoms with E-state index in [9.17, 15) is 4.79 Å². The van der Waals surface area contributed by atoms with Crippen LogP contribution in [0.2, 0.25) is 0 Å². The minimum absolute atomic E-state index is 0. The molecule has 0 aromatic rings. The summed E-state index contributed by atoms with van der Waals surface area (Å²) in [6, 6.07) is 0. The number of guanidine groups is 1. The van der Waals surface area contributed by atoms with Crippen LogP contribution >= 0.6 is 24.0 Å². The van der Waals surface area contributed by atoms with Gasteiger partial charge in [-0.25, -0.2) is 0 Å². The van der Waals surface area contributed by atoms with Crippen molar-refractivity contribution in [3.63, 3.8) is 0 Å². The maximum absolute atomic E-state index is 12.1. The number of halogens is 1. The van der Waals surface area contributed by atoms with Crippen LogP contribution in [0, 0.1) is 11.3 Å². The molecular weight excluding hydrogens is 443 g/mol. The molecule has 0 heterocycles. The van der Waals surface area contributed by atoms with Crippen molar-refractivity contribution in [2.75, 3.05) is 40.4 Å². The van der Waals surface area contributed by atoms with E-state index in [0.717, 1.165) is 38.4 Å². The molecule has 0 atom stereocenters. The second kappa shape index (κ2) is 12.8. The molecule has 152 valence electrons. The van der Waals surface area contributed by atoms with Crippen LogP contribution in [0.1, 0.15) is 57.8 Å². The lowest BCUT2D eigenvalue weighted by atomic mass is 9.67. The van der Waals surface area contributed by atoms with Crippen molar-refractivity contribution in [2.45, 2.75) is 57.8 Å². The van der Waals surface area contributed by atoms with Gasteiger partial charge in [0.2, 0.25) is 5.91 Å². The highest BCUT2D eigenvalue weighted by Gasteiger charge is 2.36. The van der Waals surface area contributed by atoms with Gasteiger partial charge in [0.15, 0.2) is 5.96 Å². The highest BCUT2D eigenvalue weighted by molar-refractivity contribution is 14.0. The van der Waals surface area contributed by atoms with Gasteiger partial charge in [0, 0.05) is 46.3 Å². The maximum atomic E-state index is 12.1. The number of nitrogens with zero attached hydrogens (tertiary/aromatic N) is 1. The minimum Gasteiger partial charge on any atom is -0.385 e. The Balaban J connectivity index is 0.00000338. The predicted octanol–water partition coefficient (Wildman–Crippen LogP) is 2.67. The van der Waals surface area contributed by atoms with E-state index in [-0.39, 0.29) is 35.8 Å². The maximum Gasteiger partial charge on any atom is 0.223 e. The van der Waals surface area contributed by atoms with Crippen LogP contribution in [0.5, 0.6) is 0 Å². The van der Waals surface area contributed by atoms with Crippen molar-refractivity contribution in [2.24, 2.45) is 16.3 Å².